The van der Waals surface area contributed by atoms with E-state index in [4.69, 9.17) is 4.74 Å². The predicted molar refractivity (Wildman–Crippen MR) is 120 cm³/mol. The van der Waals surface area contributed by atoms with Crippen molar-refractivity contribution in [3.8, 4) is 0 Å². The molecule has 3 aliphatic rings. The minimum absolute atomic E-state index is 0.194. The van der Waals surface area contributed by atoms with E-state index in [1.807, 2.05) is 62.1 Å². The highest BCUT2D eigenvalue weighted by molar-refractivity contribution is 5.86. The zero-order valence-electron chi connectivity index (χ0n) is 18.7. The highest BCUT2D eigenvalue weighted by atomic mass is 16.6. The summed E-state index contributed by atoms with van der Waals surface area (Å²) < 4.78 is 5.44. The fourth-order valence-corrected chi connectivity index (χ4v) is 5.15. The molecule has 3 fully saturated rings. The molecular formula is C26H32N2O3. The van der Waals surface area contributed by atoms with Crippen molar-refractivity contribution in [3.05, 3.63) is 71.8 Å². The van der Waals surface area contributed by atoms with E-state index in [1.54, 1.807) is 0 Å². The van der Waals surface area contributed by atoms with E-state index in [2.05, 4.69) is 29.6 Å². The van der Waals surface area contributed by atoms with Crippen LogP contribution in [0.5, 0.6) is 0 Å². The van der Waals surface area contributed by atoms with Crippen molar-refractivity contribution in [1.29, 1.82) is 0 Å². The van der Waals surface area contributed by atoms with E-state index < -0.39 is 5.60 Å². The molecule has 0 aromatic heterocycles. The van der Waals surface area contributed by atoms with E-state index in [1.165, 1.54) is 0 Å². The molecule has 0 aliphatic heterocycles. The Hall–Kier alpha value is -2.82. The average molecular weight is 421 g/mol. The lowest BCUT2D eigenvalue weighted by Crippen LogP contribution is -2.60. The van der Waals surface area contributed by atoms with Gasteiger partial charge in [-0.25, -0.2) is 4.79 Å². The zero-order chi connectivity index (χ0) is 22.1. The van der Waals surface area contributed by atoms with Crippen LogP contribution in [0.3, 0.4) is 0 Å². The third-order valence-corrected chi connectivity index (χ3v) is 6.38. The second-order valence-corrected chi connectivity index (χ2v) is 10.2. The molecule has 1 N–H and O–H groups in total. The first kappa shape index (κ1) is 21.4. The smallest absolute Gasteiger partial charge is 0.408 e. The number of carbonyl (C=O) groups is 2. The van der Waals surface area contributed by atoms with Crippen LogP contribution >= 0.6 is 0 Å². The van der Waals surface area contributed by atoms with Gasteiger partial charge in [0, 0.05) is 18.6 Å². The molecular weight excluding hydrogens is 388 g/mol. The molecule has 0 spiro atoms. The van der Waals surface area contributed by atoms with Crippen LogP contribution in [0.4, 0.5) is 4.79 Å². The lowest BCUT2D eigenvalue weighted by Gasteiger charge is -2.48. The SMILES string of the molecule is CC(C)(C)OC(=O)NC12CCC(C(=O)N(Cc3ccccc3)Cc3ccccc3)(C1)C2. The number of benzene rings is 2. The van der Waals surface area contributed by atoms with Crippen molar-refractivity contribution in [2.75, 3.05) is 0 Å². The first-order chi connectivity index (χ1) is 14.7. The van der Waals surface area contributed by atoms with Crippen LogP contribution < -0.4 is 5.32 Å². The molecule has 164 valence electrons. The molecule has 3 saturated carbocycles. The third-order valence-electron chi connectivity index (χ3n) is 6.38. The van der Waals surface area contributed by atoms with Gasteiger partial charge in [-0.3, -0.25) is 4.79 Å². The van der Waals surface area contributed by atoms with Crippen molar-refractivity contribution in [1.82, 2.24) is 10.2 Å². The fourth-order valence-electron chi connectivity index (χ4n) is 5.15. The normalized spacial score (nSPS) is 24.2. The molecule has 5 nitrogen and oxygen atoms in total. The molecule has 0 unspecified atom stereocenters. The van der Waals surface area contributed by atoms with Gasteiger partial charge in [-0.05, 0) is 57.6 Å². The number of hydrogen-bond donors (Lipinski definition) is 1. The van der Waals surface area contributed by atoms with Gasteiger partial charge < -0.3 is 15.0 Å². The Morgan fingerprint density at radius 3 is 1.90 bits per heavy atom. The number of hydrogen-bond acceptors (Lipinski definition) is 3. The Bertz CT molecular complexity index is 887. The maximum absolute atomic E-state index is 13.8. The molecule has 2 aromatic carbocycles. The molecule has 0 radical (unpaired) electrons. The molecule has 0 atom stereocenters. The van der Waals surface area contributed by atoms with Crippen molar-refractivity contribution in [3.63, 3.8) is 0 Å². The van der Waals surface area contributed by atoms with Crippen molar-refractivity contribution < 1.29 is 14.3 Å². The van der Waals surface area contributed by atoms with Crippen LogP contribution in [0.15, 0.2) is 60.7 Å². The minimum atomic E-state index is -0.530. The van der Waals surface area contributed by atoms with Gasteiger partial charge in [-0.1, -0.05) is 60.7 Å². The topological polar surface area (TPSA) is 58.6 Å². The third kappa shape index (κ3) is 4.76. The number of fused-ring (bicyclic) bond motifs is 1. The molecule has 2 amide bonds. The second-order valence-electron chi connectivity index (χ2n) is 10.2. The number of alkyl carbamates (subject to hydrolysis) is 1. The van der Waals surface area contributed by atoms with Crippen molar-refractivity contribution >= 4 is 12.0 Å². The Balaban J connectivity index is 1.47. The quantitative estimate of drug-likeness (QED) is 0.711. The highest BCUT2D eigenvalue weighted by Crippen LogP contribution is 2.62. The molecule has 31 heavy (non-hydrogen) atoms. The van der Waals surface area contributed by atoms with Gasteiger partial charge in [0.15, 0.2) is 0 Å². The largest absolute Gasteiger partial charge is 0.444 e. The number of nitrogens with zero attached hydrogens (tertiary/aromatic N) is 1. The van der Waals surface area contributed by atoms with E-state index in [0.717, 1.165) is 24.0 Å². The summed E-state index contributed by atoms with van der Waals surface area (Å²) in [6, 6.07) is 20.3. The maximum atomic E-state index is 13.8. The summed E-state index contributed by atoms with van der Waals surface area (Å²) in [7, 11) is 0. The van der Waals surface area contributed by atoms with Crippen LogP contribution in [0.25, 0.3) is 0 Å². The predicted octanol–water partition coefficient (Wildman–Crippen LogP) is 5.05. The van der Waals surface area contributed by atoms with Crippen LogP contribution in [0.2, 0.25) is 0 Å². The van der Waals surface area contributed by atoms with E-state index in [0.29, 0.717) is 25.9 Å². The molecule has 3 aliphatic carbocycles. The Labute approximate surface area is 184 Å². The van der Waals surface area contributed by atoms with Gasteiger partial charge in [0.25, 0.3) is 0 Å². The number of amides is 2. The van der Waals surface area contributed by atoms with Crippen LogP contribution in [-0.2, 0) is 22.6 Å². The number of nitrogens with one attached hydrogen (secondary N) is 1. The van der Waals surface area contributed by atoms with Crippen LogP contribution in [0.1, 0.15) is 57.6 Å². The molecule has 2 aromatic rings. The van der Waals surface area contributed by atoms with Gasteiger partial charge in [0.05, 0.1) is 5.41 Å². The van der Waals surface area contributed by atoms with Gasteiger partial charge >= 0.3 is 6.09 Å². The first-order valence-corrected chi connectivity index (χ1v) is 11.1. The van der Waals surface area contributed by atoms with Gasteiger partial charge in [-0.15, -0.1) is 0 Å². The Kier molecular flexibility index (Phi) is 5.54. The summed E-state index contributed by atoms with van der Waals surface area (Å²) in [6.07, 6.45) is 2.63. The van der Waals surface area contributed by atoms with Gasteiger partial charge in [0.1, 0.15) is 5.60 Å². The fraction of sp³-hybridized carbons (Fsp3) is 0.462. The minimum Gasteiger partial charge on any atom is -0.444 e. The van der Waals surface area contributed by atoms with Crippen molar-refractivity contribution in [2.45, 2.75) is 70.7 Å². The molecule has 5 rings (SSSR count). The highest BCUT2D eigenvalue weighted by Gasteiger charge is 2.66. The number of carbonyl (C=O) groups excluding carboxylic acids is 2. The Morgan fingerprint density at radius 1 is 0.903 bits per heavy atom. The van der Waals surface area contributed by atoms with Crippen LogP contribution in [0, 0.1) is 5.41 Å². The van der Waals surface area contributed by atoms with Gasteiger partial charge in [0.2, 0.25) is 5.91 Å². The second kappa shape index (κ2) is 8.03. The average Bonchev–Trinajstić information content (AvgIpc) is 3.23. The van der Waals surface area contributed by atoms with Crippen molar-refractivity contribution in [2.24, 2.45) is 5.41 Å². The zero-order valence-corrected chi connectivity index (χ0v) is 18.7. The molecule has 0 saturated heterocycles. The standard InChI is InChI=1S/C26H32N2O3/c1-24(2,3)31-23(30)27-26-15-14-25(18-26,19-26)22(29)28(16-20-10-6-4-7-11-20)17-21-12-8-5-9-13-21/h4-13H,14-19H2,1-3H3,(H,27,30). The first-order valence-electron chi connectivity index (χ1n) is 11.1. The number of rotatable bonds is 6. The lowest BCUT2D eigenvalue weighted by molar-refractivity contribution is -0.149. The van der Waals surface area contributed by atoms with Crippen LogP contribution in [-0.4, -0.2) is 28.0 Å². The summed E-state index contributed by atoms with van der Waals surface area (Å²) >= 11 is 0. The molecule has 2 bridgehead atoms. The molecule has 5 heteroatoms. The summed E-state index contributed by atoms with van der Waals surface area (Å²) in [6.45, 7) is 6.75. The van der Waals surface area contributed by atoms with E-state index in [-0.39, 0.29) is 23.0 Å². The van der Waals surface area contributed by atoms with Gasteiger partial charge in [-0.2, -0.15) is 0 Å². The van der Waals surface area contributed by atoms with E-state index in [9.17, 15) is 9.59 Å². The summed E-state index contributed by atoms with van der Waals surface area (Å²) in [5.74, 6) is 0.194. The lowest BCUT2D eigenvalue weighted by atomic mass is 9.64. The number of ether oxygens (including phenoxy) is 1. The summed E-state index contributed by atoms with van der Waals surface area (Å²) in [4.78, 5) is 28.0. The Morgan fingerprint density at radius 2 is 1.42 bits per heavy atom. The summed E-state index contributed by atoms with van der Waals surface area (Å²) in [5, 5.41) is 3.06. The van der Waals surface area contributed by atoms with E-state index >= 15 is 0 Å². The summed E-state index contributed by atoms with van der Waals surface area (Å²) in [5.41, 5.74) is 1.04. The molecule has 0 heterocycles. The maximum Gasteiger partial charge on any atom is 0.408 e. The monoisotopic (exact) mass is 420 g/mol.